The maximum Gasteiger partial charge on any atom is 0.264 e. The van der Waals surface area contributed by atoms with E-state index in [4.69, 9.17) is 0 Å². The number of rotatable bonds is 6. The van der Waals surface area contributed by atoms with Crippen molar-refractivity contribution in [2.45, 2.75) is 24.8 Å². The minimum atomic E-state index is -3.89. The Bertz CT molecular complexity index is 1380. The molecule has 1 aromatic heterocycles. The van der Waals surface area contributed by atoms with Crippen LogP contribution >= 0.6 is 0 Å². The highest BCUT2D eigenvalue weighted by molar-refractivity contribution is 7.92. The van der Waals surface area contributed by atoms with Crippen LogP contribution in [0.2, 0.25) is 0 Å². The molecule has 1 unspecified atom stereocenters. The van der Waals surface area contributed by atoms with Gasteiger partial charge in [-0.1, -0.05) is 36.4 Å². The Labute approximate surface area is 186 Å². The lowest BCUT2D eigenvalue weighted by Gasteiger charge is -2.23. The summed E-state index contributed by atoms with van der Waals surface area (Å²) in [5, 5.41) is 10.2. The van der Waals surface area contributed by atoms with Crippen LogP contribution < -0.4 is 4.31 Å². The van der Waals surface area contributed by atoms with E-state index in [1.54, 1.807) is 67.6 Å². The van der Waals surface area contributed by atoms with Gasteiger partial charge in [0.25, 0.3) is 15.9 Å². The zero-order valence-corrected chi connectivity index (χ0v) is 18.5. The molecule has 0 amide bonds. The molecule has 7 nitrogen and oxygen atoms in total. The van der Waals surface area contributed by atoms with Crippen molar-refractivity contribution < 1.29 is 18.3 Å². The molecule has 8 heteroatoms. The summed E-state index contributed by atoms with van der Waals surface area (Å²) in [5.41, 5.74) is 1.84. The number of fused-ring (bicyclic) bond motifs is 1. The van der Waals surface area contributed by atoms with Crippen molar-refractivity contribution in [1.82, 2.24) is 9.55 Å². The number of hydrogen-bond acceptors (Lipinski definition) is 5. The summed E-state index contributed by atoms with van der Waals surface area (Å²) in [5.74, 6) is -0.265. The van der Waals surface area contributed by atoms with E-state index >= 15 is 0 Å². The molecule has 0 aliphatic heterocycles. The van der Waals surface area contributed by atoms with Crippen LogP contribution in [0, 0.1) is 0 Å². The van der Waals surface area contributed by atoms with E-state index < -0.39 is 22.0 Å². The number of aromatic nitrogens is 2. The highest BCUT2D eigenvalue weighted by atomic mass is 32.2. The van der Waals surface area contributed by atoms with Crippen molar-refractivity contribution in [3.63, 3.8) is 0 Å². The molecule has 0 aliphatic rings. The third kappa shape index (κ3) is 3.79. The standard InChI is InChI=1S/C24H23N3O4S/c1-3-26(19-11-5-4-6-12-19)32(30,31)20-13-9-10-18(16-20)24(29)27-22-15-8-7-14-21(22)25-23(27)17(2)28/h4-17,28H,3H2,1-2H3. The van der Waals surface area contributed by atoms with Crippen LogP contribution in [-0.2, 0) is 10.0 Å². The van der Waals surface area contributed by atoms with Gasteiger partial charge in [-0.05, 0) is 56.3 Å². The number of benzene rings is 3. The van der Waals surface area contributed by atoms with Gasteiger partial charge >= 0.3 is 0 Å². The molecule has 0 fully saturated rings. The highest BCUT2D eigenvalue weighted by Gasteiger charge is 2.26. The molecule has 164 valence electrons. The van der Waals surface area contributed by atoms with Gasteiger partial charge in [-0.3, -0.25) is 13.7 Å². The number of carbonyl (C=O) groups excluding carboxylic acids is 1. The number of hydrogen-bond donors (Lipinski definition) is 1. The van der Waals surface area contributed by atoms with Gasteiger partial charge in [0.1, 0.15) is 11.9 Å². The first-order valence-electron chi connectivity index (χ1n) is 10.2. The van der Waals surface area contributed by atoms with Crippen LogP contribution in [0.15, 0.2) is 83.8 Å². The van der Waals surface area contributed by atoms with Gasteiger partial charge in [0.15, 0.2) is 0 Å². The van der Waals surface area contributed by atoms with E-state index in [2.05, 4.69) is 4.98 Å². The first-order chi connectivity index (χ1) is 15.3. The maximum atomic E-state index is 13.4. The Morgan fingerprint density at radius 3 is 2.41 bits per heavy atom. The third-order valence-corrected chi connectivity index (χ3v) is 7.06. The monoisotopic (exact) mass is 449 g/mol. The predicted molar refractivity (Wildman–Crippen MR) is 123 cm³/mol. The summed E-state index contributed by atoms with van der Waals surface area (Å²) in [4.78, 5) is 17.8. The number of carbonyl (C=O) groups is 1. The van der Waals surface area contributed by atoms with Crippen LogP contribution in [-0.4, -0.2) is 35.5 Å². The molecule has 0 aliphatic carbocycles. The van der Waals surface area contributed by atoms with E-state index in [-0.39, 0.29) is 22.8 Å². The predicted octanol–water partition coefficient (Wildman–Crippen LogP) is 3.99. The lowest BCUT2D eigenvalue weighted by molar-refractivity contribution is 0.0943. The number of nitrogens with zero attached hydrogens (tertiary/aromatic N) is 3. The summed E-state index contributed by atoms with van der Waals surface area (Å²) < 4.78 is 29.4. The van der Waals surface area contributed by atoms with Crippen LogP contribution in [0.3, 0.4) is 0 Å². The van der Waals surface area contributed by atoms with Gasteiger partial charge in [-0.15, -0.1) is 0 Å². The Morgan fingerprint density at radius 2 is 1.72 bits per heavy atom. The summed E-state index contributed by atoms with van der Waals surface area (Å²) in [6, 6.07) is 21.8. The molecule has 0 saturated heterocycles. The number of imidazole rings is 1. The molecule has 1 N–H and O–H groups in total. The second kappa shape index (κ2) is 8.57. The largest absolute Gasteiger partial charge is 0.385 e. The molecule has 0 bridgehead atoms. The minimum absolute atomic E-state index is 0.0112. The average Bonchev–Trinajstić information content (AvgIpc) is 3.20. The van der Waals surface area contributed by atoms with Crippen molar-refractivity contribution in [2.75, 3.05) is 10.8 Å². The molecular formula is C24H23N3O4S. The fraction of sp³-hybridized carbons (Fsp3) is 0.167. The fourth-order valence-electron chi connectivity index (χ4n) is 3.67. The Balaban J connectivity index is 1.80. The van der Waals surface area contributed by atoms with E-state index in [0.717, 1.165) is 0 Å². The number of aliphatic hydroxyl groups excluding tert-OH is 1. The molecule has 0 saturated carbocycles. The molecule has 4 rings (SSSR count). The second-order valence-corrected chi connectivity index (χ2v) is 9.17. The van der Waals surface area contributed by atoms with Crippen LogP contribution in [0.1, 0.15) is 36.1 Å². The van der Waals surface area contributed by atoms with Crippen molar-refractivity contribution >= 4 is 32.7 Å². The molecule has 32 heavy (non-hydrogen) atoms. The van der Waals surface area contributed by atoms with E-state index in [0.29, 0.717) is 16.7 Å². The van der Waals surface area contributed by atoms with E-state index in [1.165, 1.54) is 27.9 Å². The van der Waals surface area contributed by atoms with Crippen LogP contribution in [0.4, 0.5) is 5.69 Å². The van der Waals surface area contributed by atoms with Crippen LogP contribution in [0.5, 0.6) is 0 Å². The number of anilines is 1. The van der Waals surface area contributed by atoms with Crippen molar-refractivity contribution in [1.29, 1.82) is 0 Å². The lowest BCUT2D eigenvalue weighted by Crippen LogP contribution is -2.31. The molecule has 0 radical (unpaired) electrons. The normalized spacial score (nSPS) is 12.6. The molecular weight excluding hydrogens is 426 g/mol. The topological polar surface area (TPSA) is 92.5 Å². The van der Waals surface area contributed by atoms with Gasteiger partial charge in [0.2, 0.25) is 0 Å². The maximum absolute atomic E-state index is 13.4. The van der Waals surface area contributed by atoms with Gasteiger partial charge < -0.3 is 5.11 Å². The summed E-state index contributed by atoms with van der Waals surface area (Å²) in [7, 11) is -3.89. The van der Waals surface area contributed by atoms with Crippen LogP contribution in [0.25, 0.3) is 11.0 Å². The molecule has 1 heterocycles. The van der Waals surface area contributed by atoms with Crippen molar-refractivity contribution in [2.24, 2.45) is 0 Å². The number of sulfonamides is 1. The Hall–Kier alpha value is -3.49. The smallest absolute Gasteiger partial charge is 0.264 e. The Kier molecular flexibility index (Phi) is 5.82. The Morgan fingerprint density at radius 1 is 1.03 bits per heavy atom. The zero-order valence-electron chi connectivity index (χ0n) is 17.7. The molecule has 0 spiro atoms. The van der Waals surface area contributed by atoms with Crippen molar-refractivity contribution in [3.05, 3.63) is 90.3 Å². The van der Waals surface area contributed by atoms with E-state index in [1.807, 2.05) is 6.07 Å². The average molecular weight is 450 g/mol. The highest BCUT2D eigenvalue weighted by Crippen LogP contribution is 2.26. The molecule has 4 aromatic rings. The zero-order chi connectivity index (χ0) is 22.9. The van der Waals surface area contributed by atoms with Gasteiger partial charge in [-0.2, -0.15) is 0 Å². The lowest BCUT2D eigenvalue weighted by atomic mass is 10.2. The third-order valence-electron chi connectivity index (χ3n) is 5.16. The fourth-order valence-corrected chi connectivity index (χ4v) is 5.19. The van der Waals surface area contributed by atoms with Crippen molar-refractivity contribution in [3.8, 4) is 0 Å². The van der Waals surface area contributed by atoms with Gasteiger partial charge in [0, 0.05) is 12.1 Å². The summed E-state index contributed by atoms with van der Waals surface area (Å²) in [6.45, 7) is 3.53. The quantitative estimate of drug-likeness (QED) is 0.480. The molecule has 3 aromatic carbocycles. The summed E-state index contributed by atoms with van der Waals surface area (Å²) >= 11 is 0. The SMILES string of the molecule is CCN(c1ccccc1)S(=O)(=O)c1cccc(C(=O)n2c(C(C)O)nc3ccccc32)c1. The molecule has 1 atom stereocenters. The van der Waals surface area contributed by atoms with E-state index in [9.17, 15) is 18.3 Å². The number of aliphatic hydroxyl groups is 1. The van der Waals surface area contributed by atoms with Gasteiger partial charge in [0.05, 0.1) is 21.6 Å². The summed E-state index contributed by atoms with van der Waals surface area (Å²) in [6.07, 6.45) is -0.980. The first kappa shape index (κ1) is 21.7. The number of para-hydroxylation sites is 3. The second-order valence-electron chi connectivity index (χ2n) is 7.31. The minimum Gasteiger partial charge on any atom is -0.385 e. The first-order valence-corrected chi connectivity index (χ1v) is 11.7. The van der Waals surface area contributed by atoms with Gasteiger partial charge in [-0.25, -0.2) is 13.4 Å².